The van der Waals surface area contributed by atoms with Crippen LogP contribution in [0, 0.1) is 0 Å². The molecule has 4 aromatic rings. The van der Waals surface area contributed by atoms with Gasteiger partial charge >= 0.3 is 5.97 Å². The number of halogens is 3. The van der Waals surface area contributed by atoms with Crippen molar-refractivity contribution in [1.82, 2.24) is 19.9 Å². The number of aromatic carboxylic acids is 1. The fourth-order valence-corrected chi connectivity index (χ4v) is 2.91. The van der Waals surface area contributed by atoms with Gasteiger partial charge in [0.1, 0.15) is 17.5 Å². The Morgan fingerprint density at radius 1 is 1.14 bits per heavy atom. The van der Waals surface area contributed by atoms with Crippen molar-refractivity contribution in [3.8, 4) is 0 Å². The Morgan fingerprint density at radius 3 is 2.69 bits per heavy atom. The maximum atomic E-state index is 11.2. The van der Waals surface area contributed by atoms with Crippen molar-refractivity contribution in [2.45, 2.75) is 6.42 Å². The summed E-state index contributed by atoms with van der Waals surface area (Å²) in [7, 11) is 0. The number of carboxylic acids is 1. The molecule has 150 valence electrons. The van der Waals surface area contributed by atoms with Crippen LogP contribution in [-0.2, 0) is 6.42 Å². The summed E-state index contributed by atoms with van der Waals surface area (Å²) in [6.07, 6.45) is 3.86. The number of benzene rings is 2. The molecule has 0 radical (unpaired) electrons. The molecule has 0 unspecified atom stereocenters. The Morgan fingerprint density at radius 2 is 1.97 bits per heavy atom. The standard InChI is InChI=1S/C19H14ClN5O2.2ClH/c20-12-4-5-15-14(9-12)18(23-13-3-1-2-11(8-13)19(26)27)25-17(24-15)10-16-21-6-7-22-16;;/h1-9H,10H2,(H,21,22)(H,26,27)(H,23,24,25);2*1H. The molecule has 0 aliphatic carbocycles. The third kappa shape index (κ3) is 5.14. The summed E-state index contributed by atoms with van der Waals surface area (Å²) in [6, 6.07) is 11.9. The molecule has 7 nitrogen and oxygen atoms in total. The maximum Gasteiger partial charge on any atom is 0.335 e. The molecule has 4 rings (SSSR count). The minimum absolute atomic E-state index is 0. The number of carbonyl (C=O) groups is 1. The zero-order valence-electron chi connectivity index (χ0n) is 14.8. The second kappa shape index (κ2) is 9.56. The Bertz CT molecular complexity index is 1140. The molecule has 3 N–H and O–H groups in total. The lowest BCUT2D eigenvalue weighted by Crippen LogP contribution is -2.04. The topological polar surface area (TPSA) is 104 Å². The lowest BCUT2D eigenvalue weighted by Gasteiger charge is -2.11. The molecule has 0 aliphatic rings. The van der Waals surface area contributed by atoms with Crippen LogP contribution in [0.25, 0.3) is 10.9 Å². The van der Waals surface area contributed by atoms with Crippen LogP contribution < -0.4 is 5.32 Å². The van der Waals surface area contributed by atoms with E-state index >= 15 is 0 Å². The molecule has 0 saturated carbocycles. The van der Waals surface area contributed by atoms with Crippen molar-refractivity contribution in [1.29, 1.82) is 0 Å². The molecule has 0 spiro atoms. The van der Waals surface area contributed by atoms with Crippen LogP contribution in [0.15, 0.2) is 54.9 Å². The van der Waals surface area contributed by atoms with Gasteiger partial charge in [-0.2, -0.15) is 0 Å². The number of aromatic amines is 1. The molecule has 2 aromatic heterocycles. The van der Waals surface area contributed by atoms with Gasteiger partial charge in [0.25, 0.3) is 0 Å². The average molecular weight is 453 g/mol. The molecular formula is C19H16Cl3N5O2. The number of carboxylic acid groups (broad SMARTS) is 1. The number of anilines is 2. The van der Waals surface area contributed by atoms with E-state index < -0.39 is 5.97 Å². The van der Waals surface area contributed by atoms with Gasteiger partial charge in [-0.05, 0) is 36.4 Å². The van der Waals surface area contributed by atoms with E-state index in [0.717, 1.165) is 16.7 Å². The number of nitrogens with zero attached hydrogens (tertiary/aromatic N) is 3. The molecule has 2 aromatic carbocycles. The van der Waals surface area contributed by atoms with Gasteiger partial charge in [-0.1, -0.05) is 17.7 Å². The number of fused-ring (bicyclic) bond motifs is 1. The zero-order chi connectivity index (χ0) is 18.8. The van der Waals surface area contributed by atoms with Gasteiger partial charge in [-0.15, -0.1) is 24.8 Å². The molecular weight excluding hydrogens is 437 g/mol. The second-order valence-corrected chi connectivity index (χ2v) is 6.31. The minimum Gasteiger partial charge on any atom is -0.478 e. The van der Waals surface area contributed by atoms with Crippen LogP contribution in [0.1, 0.15) is 22.0 Å². The number of aromatic nitrogens is 4. The molecule has 0 saturated heterocycles. The molecule has 0 amide bonds. The maximum absolute atomic E-state index is 11.2. The van der Waals surface area contributed by atoms with Gasteiger partial charge in [0.15, 0.2) is 0 Å². The van der Waals surface area contributed by atoms with Crippen molar-refractivity contribution in [2.75, 3.05) is 5.32 Å². The van der Waals surface area contributed by atoms with E-state index in [9.17, 15) is 9.90 Å². The first-order valence-corrected chi connectivity index (χ1v) is 8.51. The van der Waals surface area contributed by atoms with Gasteiger partial charge in [0, 0.05) is 28.5 Å². The van der Waals surface area contributed by atoms with Crippen molar-refractivity contribution in [3.05, 3.63) is 77.1 Å². The van der Waals surface area contributed by atoms with Gasteiger partial charge in [0.05, 0.1) is 17.5 Å². The monoisotopic (exact) mass is 451 g/mol. The molecule has 0 fully saturated rings. The van der Waals surface area contributed by atoms with Crippen LogP contribution in [-0.4, -0.2) is 31.0 Å². The molecule has 10 heteroatoms. The zero-order valence-corrected chi connectivity index (χ0v) is 17.2. The summed E-state index contributed by atoms with van der Waals surface area (Å²) in [5.41, 5.74) is 1.53. The highest BCUT2D eigenvalue weighted by molar-refractivity contribution is 6.31. The number of H-pyrrole nitrogens is 1. The molecule has 0 aliphatic heterocycles. The van der Waals surface area contributed by atoms with Gasteiger partial charge in [-0.25, -0.2) is 19.7 Å². The number of hydrogen-bond donors (Lipinski definition) is 3. The Kier molecular flexibility index (Phi) is 7.39. The first kappa shape index (κ1) is 22.4. The Labute approximate surface area is 183 Å². The molecule has 0 bridgehead atoms. The SMILES string of the molecule is Cl.Cl.O=C(O)c1cccc(Nc2nc(Cc3ncc[nH]3)nc3ccc(Cl)cc23)c1. The van der Waals surface area contributed by atoms with Crippen molar-refractivity contribution in [2.24, 2.45) is 0 Å². The normalized spacial score (nSPS) is 10.1. The Balaban J connectivity index is 0.00000150. The van der Waals surface area contributed by atoms with Crippen LogP contribution >= 0.6 is 36.4 Å². The predicted molar refractivity (Wildman–Crippen MR) is 117 cm³/mol. The van der Waals surface area contributed by atoms with Crippen LogP contribution in [0.5, 0.6) is 0 Å². The van der Waals surface area contributed by atoms with E-state index in [0.29, 0.717) is 28.8 Å². The van der Waals surface area contributed by atoms with E-state index in [1.165, 1.54) is 6.07 Å². The van der Waals surface area contributed by atoms with E-state index in [-0.39, 0.29) is 30.4 Å². The third-order valence-corrected chi connectivity index (χ3v) is 4.19. The fraction of sp³-hybridized carbons (Fsp3) is 0.0526. The van der Waals surface area contributed by atoms with Crippen LogP contribution in [0.3, 0.4) is 0 Å². The lowest BCUT2D eigenvalue weighted by molar-refractivity contribution is 0.0697. The number of rotatable bonds is 5. The van der Waals surface area contributed by atoms with E-state index in [2.05, 4.69) is 25.3 Å². The quantitative estimate of drug-likeness (QED) is 0.398. The van der Waals surface area contributed by atoms with Crippen molar-refractivity contribution >= 4 is 64.8 Å². The fourth-order valence-electron chi connectivity index (χ4n) is 2.73. The highest BCUT2D eigenvalue weighted by atomic mass is 35.5. The molecule has 0 atom stereocenters. The smallest absolute Gasteiger partial charge is 0.335 e. The van der Waals surface area contributed by atoms with E-state index in [1.54, 1.807) is 42.7 Å². The summed E-state index contributed by atoms with van der Waals surface area (Å²) in [4.78, 5) is 27.6. The summed E-state index contributed by atoms with van der Waals surface area (Å²) in [5, 5.41) is 13.7. The largest absolute Gasteiger partial charge is 0.478 e. The van der Waals surface area contributed by atoms with Gasteiger partial charge in [-0.3, -0.25) is 0 Å². The van der Waals surface area contributed by atoms with E-state index in [1.807, 2.05) is 6.07 Å². The summed E-state index contributed by atoms with van der Waals surface area (Å²) in [6.45, 7) is 0. The summed E-state index contributed by atoms with van der Waals surface area (Å²) >= 11 is 6.14. The minimum atomic E-state index is -0.993. The molecule has 29 heavy (non-hydrogen) atoms. The summed E-state index contributed by atoms with van der Waals surface area (Å²) < 4.78 is 0. The molecule has 2 heterocycles. The lowest BCUT2D eigenvalue weighted by atomic mass is 10.2. The van der Waals surface area contributed by atoms with E-state index in [4.69, 9.17) is 11.6 Å². The highest BCUT2D eigenvalue weighted by Crippen LogP contribution is 2.27. The van der Waals surface area contributed by atoms with Crippen molar-refractivity contribution < 1.29 is 9.90 Å². The van der Waals surface area contributed by atoms with Gasteiger partial charge in [0.2, 0.25) is 0 Å². The van der Waals surface area contributed by atoms with Crippen LogP contribution in [0.4, 0.5) is 11.5 Å². The van der Waals surface area contributed by atoms with Gasteiger partial charge < -0.3 is 15.4 Å². The number of imidazole rings is 1. The second-order valence-electron chi connectivity index (χ2n) is 5.87. The Hall–Kier alpha value is -2.87. The third-order valence-electron chi connectivity index (χ3n) is 3.96. The first-order chi connectivity index (χ1) is 13.1. The first-order valence-electron chi connectivity index (χ1n) is 8.13. The van der Waals surface area contributed by atoms with Crippen LogP contribution in [0.2, 0.25) is 5.02 Å². The average Bonchev–Trinajstić information content (AvgIpc) is 3.15. The highest BCUT2D eigenvalue weighted by Gasteiger charge is 2.11. The number of nitrogens with one attached hydrogen (secondary N) is 2. The number of hydrogen-bond acceptors (Lipinski definition) is 5. The van der Waals surface area contributed by atoms with Crippen molar-refractivity contribution in [3.63, 3.8) is 0 Å². The predicted octanol–water partition coefficient (Wildman–Crippen LogP) is 4.88. The summed E-state index contributed by atoms with van der Waals surface area (Å²) in [5.74, 6) is 0.887.